The van der Waals surface area contributed by atoms with Crippen molar-refractivity contribution in [2.24, 2.45) is 0 Å². The first-order chi connectivity index (χ1) is 20.1. The number of hydrogen-bond donors (Lipinski definition) is 1. The van der Waals surface area contributed by atoms with Gasteiger partial charge in [-0.05, 0) is 59.7 Å². The number of halogens is 2. The lowest BCUT2D eigenvalue weighted by atomic mass is 9.87. The van der Waals surface area contributed by atoms with Crippen molar-refractivity contribution in [3.8, 4) is 0 Å². The summed E-state index contributed by atoms with van der Waals surface area (Å²) in [5, 5.41) is 3.69. The van der Waals surface area contributed by atoms with E-state index in [2.05, 4.69) is 26.1 Å². The monoisotopic (exact) mass is 645 g/mol. The first kappa shape index (κ1) is 34.4. The lowest BCUT2D eigenvalue weighted by molar-refractivity contribution is -0.140. The SMILES string of the molecule is CCC(C)NC(=O)C(Cc1ccccc1)N(Cc1ccc(Cl)c(Cl)c1)C(=O)CN(c1ccc(C(C)(C)C)cc1)S(C)(=O)=O. The van der Waals surface area contributed by atoms with Crippen molar-refractivity contribution in [3.05, 3.63) is 99.5 Å². The molecule has 232 valence electrons. The highest BCUT2D eigenvalue weighted by atomic mass is 35.5. The third-order valence-corrected chi connectivity index (χ3v) is 9.19. The van der Waals surface area contributed by atoms with Crippen molar-refractivity contribution in [2.75, 3.05) is 17.1 Å². The average Bonchev–Trinajstić information content (AvgIpc) is 2.94. The van der Waals surface area contributed by atoms with Crippen molar-refractivity contribution in [2.45, 2.75) is 71.5 Å². The molecule has 0 saturated heterocycles. The van der Waals surface area contributed by atoms with Gasteiger partial charge in [-0.3, -0.25) is 13.9 Å². The predicted octanol–water partition coefficient (Wildman–Crippen LogP) is 6.61. The van der Waals surface area contributed by atoms with Gasteiger partial charge >= 0.3 is 0 Å². The van der Waals surface area contributed by atoms with Crippen molar-refractivity contribution in [1.82, 2.24) is 10.2 Å². The van der Waals surface area contributed by atoms with Crippen LogP contribution >= 0.6 is 23.2 Å². The van der Waals surface area contributed by atoms with E-state index < -0.39 is 28.5 Å². The van der Waals surface area contributed by atoms with Gasteiger partial charge < -0.3 is 10.2 Å². The number of nitrogens with one attached hydrogen (secondary N) is 1. The van der Waals surface area contributed by atoms with Crippen LogP contribution in [-0.4, -0.2) is 50.0 Å². The third kappa shape index (κ3) is 9.71. The summed E-state index contributed by atoms with van der Waals surface area (Å²) in [6.45, 7) is 9.59. The van der Waals surface area contributed by atoms with Crippen molar-refractivity contribution < 1.29 is 18.0 Å². The first-order valence-corrected chi connectivity index (χ1v) is 16.9. The Labute approximate surface area is 266 Å². The fraction of sp³-hybridized carbons (Fsp3) is 0.394. The Bertz CT molecular complexity index is 1510. The maximum absolute atomic E-state index is 14.2. The van der Waals surface area contributed by atoms with Crippen molar-refractivity contribution in [1.29, 1.82) is 0 Å². The zero-order chi connectivity index (χ0) is 31.9. The topological polar surface area (TPSA) is 86.8 Å². The van der Waals surface area contributed by atoms with Gasteiger partial charge in [0.1, 0.15) is 12.6 Å². The molecule has 43 heavy (non-hydrogen) atoms. The molecule has 10 heteroatoms. The Balaban J connectivity index is 2.08. The van der Waals surface area contributed by atoms with Crippen LogP contribution in [0.1, 0.15) is 57.7 Å². The summed E-state index contributed by atoms with van der Waals surface area (Å²) in [6, 6.07) is 20.5. The summed E-state index contributed by atoms with van der Waals surface area (Å²) in [5.41, 5.74) is 2.77. The van der Waals surface area contributed by atoms with E-state index in [-0.39, 0.29) is 30.3 Å². The zero-order valence-electron chi connectivity index (χ0n) is 25.6. The highest BCUT2D eigenvalue weighted by molar-refractivity contribution is 7.92. The van der Waals surface area contributed by atoms with Crippen molar-refractivity contribution in [3.63, 3.8) is 0 Å². The molecule has 3 aromatic rings. The van der Waals surface area contributed by atoms with Crippen molar-refractivity contribution >= 4 is 50.7 Å². The average molecular weight is 647 g/mol. The van der Waals surface area contributed by atoms with Crippen LogP contribution in [0.4, 0.5) is 5.69 Å². The van der Waals surface area contributed by atoms with Gasteiger partial charge in [-0.2, -0.15) is 0 Å². The number of carbonyl (C=O) groups is 2. The summed E-state index contributed by atoms with van der Waals surface area (Å²) in [7, 11) is -3.86. The van der Waals surface area contributed by atoms with Crippen LogP contribution in [0.3, 0.4) is 0 Å². The number of rotatable bonds is 12. The smallest absolute Gasteiger partial charge is 0.244 e. The molecule has 0 aliphatic rings. The van der Waals surface area contributed by atoms with E-state index in [0.717, 1.165) is 21.7 Å². The molecule has 0 aliphatic carbocycles. The minimum atomic E-state index is -3.86. The van der Waals surface area contributed by atoms with Crippen LogP contribution in [0, 0.1) is 0 Å². The second-order valence-corrected chi connectivity index (χ2v) is 14.6. The quantitative estimate of drug-likeness (QED) is 0.240. The molecule has 2 unspecified atom stereocenters. The zero-order valence-corrected chi connectivity index (χ0v) is 27.9. The van der Waals surface area contributed by atoms with Gasteiger partial charge in [-0.25, -0.2) is 8.42 Å². The molecule has 0 heterocycles. The molecule has 1 N–H and O–H groups in total. The minimum Gasteiger partial charge on any atom is -0.352 e. The molecule has 3 aromatic carbocycles. The first-order valence-electron chi connectivity index (χ1n) is 14.3. The van der Waals surface area contributed by atoms with Crippen LogP contribution in [-0.2, 0) is 38.0 Å². The van der Waals surface area contributed by atoms with Gasteiger partial charge in [-0.1, -0.05) is 99.4 Å². The van der Waals surface area contributed by atoms with Crippen LogP contribution in [0.2, 0.25) is 10.0 Å². The standard InChI is InChI=1S/C33H41Cl2N3O4S/c1-7-23(2)36-32(40)30(20-24-11-9-8-10-12-24)37(21-25-13-18-28(34)29(35)19-25)31(39)22-38(43(6,41)42)27-16-14-26(15-17-27)33(3,4)5/h8-19,23,30H,7,20-22H2,1-6H3,(H,36,40). The van der Waals surface area contributed by atoms with Gasteiger partial charge in [-0.15, -0.1) is 0 Å². The van der Waals surface area contributed by atoms with Crippen LogP contribution in [0.15, 0.2) is 72.8 Å². The molecule has 3 rings (SSSR count). The van der Waals surface area contributed by atoms with E-state index >= 15 is 0 Å². The Morgan fingerprint density at radius 2 is 1.53 bits per heavy atom. The molecular weight excluding hydrogens is 605 g/mol. The Hall–Kier alpha value is -3.07. The lowest BCUT2D eigenvalue weighted by Crippen LogP contribution is -2.54. The van der Waals surface area contributed by atoms with E-state index in [4.69, 9.17) is 23.2 Å². The maximum Gasteiger partial charge on any atom is 0.244 e. The summed E-state index contributed by atoms with van der Waals surface area (Å²) in [5.74, 6) is -0.858. The van der Waals surface area contributed by atoms with Gasteiger partial charge in [0.05, 0.1) is 22.0 Å². The number of anilines is 1. The molecule has 0 fully saturated rings. The number of carbonyl (C=O) groups excluding carboxylic acids is 2. The fourth-order valence-electron chi connectivity index (χ4n) is 4.57. The van der Waals surface area contributed by atoms with Gasteiger partial charge in [0, 0.05) is 19.0 Å². The number of sulfonamides is 1. The second-order valence-electron chi connectivity index (χ2n) is 11.9. The number of hydrogen-bond acceptors (Lipinski definition) is 4. The van der Waals surface area contributed by atoms with E-state index in [1.54, 1.807) is 30.3 Å². The molecule has 0 aliphatic heterocycles. The number of benzene rings is 3. The molecular formula is C33H41Cl2N3O4S. The molecule has 7 nitrogen and oxygen atoms in total. The highest BCUT2D eigenvalue weighted by Crippen LogP contribution is 2.27. The number of nitrogens with zero attached hydrogens (tertiary/aromatic N) is 2. The Morgan fingerprint density at radius 3 is 2.07 bits per heavy atom. The maximum atomic E-state index is 14.2. The largest absolute Gasteiger partial charge is 0.352 e. The minimum absolute atomic E-state index is 0.0156. The molecule has 0 radical (unpaired) electrons. The summed E-state index contributed by atoms with van der Waals surface area (Å²) in [6.07, 6.45) is 2.00. The molecule has 0 spiro atoms. The van der Waals surface area contributed by atoms with Gasteiger partial charge in [0.25, 0.3) is 0 Å². The highest BCUT2D eigenvalue weighted by Gasteiger charge is 2.33. The van der Waals surface area contributed by atoms with Crippen LogP contribution in [0.25, 0.3) is 0 Å². The molecule has 0 saturated carbocycles. The summed E-state index contributed by atoms with van der Waals surface area (Å²) in [4.78, 5) is 29.4. The lowest BCUT2D eigenvalue weighted by Gasteiger charge is -2.34. The Morgan fingerprint density at radius 1 is 0.907 bits per heavy atom. The normalized spacial score (nSPS) is 13.2. The predicted molar refractivity (Wildman–Crippen MR) is 176 cm³/mol. The van der Waals surface area contributed by atoms with E-state index in [1.807, 2.05) is 56.3 Å². The van der Waals surface area contributed by atoms with E-state index in [0.29, 0.717) is 27.7 Å². The molecule has 2 amide bonds. The summed E-state index contributed by atoms with van der Waals surface area (Å²) < 4.78 is 27.1. The molecule has 0 aromatic heterocycles. The second kappa shape index (κ2) is 14.6. The van der Waals surface area contributed by atoms with Crippen LogP contribution < -0.4 is 9.62 Å². The molecule has 2 atom stereocenters. The van der Waals surface area contributed by atoms with Gasteiger partial charge in [0.15, 0.2) is 0 Å². The van der Waals surface area contributed by atoms with Crippen LogP contribution in [0.5, 0.6) is 0 Å². The van der Waals surface area contributed by atoms with Gasteiger partial charge in [0.2, 0.25) is 21.8 Å². The third-order valence-electron chi connectivity index (χ3n) is 7.31. The fourth-order valence-corrected chi connectivity index (χ4v) is 5.74. The Kier molecular flexibility index (Phi) is 11.7. The van der Waals surface area contributed by atoms with E-state index in [1.165, 1.54) is 4.90 Å². The molecule has 0 bridgehead atoms. The number of amides is 2. The summed E-state index contributed by atoms with van der Waals surface area (Å²) >= 11 is 12.5. The van der Waals surface area contributed by atoms with E-state index in [9.17, 15) is 18.0 Å².